The first-order chi connectivity index (χ1) is 9.24. The van der Waals surface area contributed by atoms with Gasteiger partial charge in [0, 0.05) is 30.4 Å². The van der Waals surface area contributed by atoms with E-state index in [1.54, 1.807) is 30.9 Å². The normalized spacial score (nSPS) is 10.6. The van der Waals surface area contributed by atoms with Crippen molar-refractivity contribution in [1.29, 1.82) is 0 Å². The molecule has 0 amide bonds. The summed E-state index contributed by atoms with van der Waals surface area (Å²) in [4.78, 5) is 12.4. The van der Waals surface area contributed by atoms with Gasteiger partial charge >= 0.3 is 0 Å². The Morgan fingerprint density at radius 2 is 2.05 bits per heavy atom. The van der Waals surface area contributed by atoms with Gasteiger partial charge in [-0.15, -0.1) is 0 Å². The number of nitrogen functional groups attached to an aromatic ring is 1. The summed E-state index contributed by atoms with van der Waals surface area (Å²) in [6.07, 6.45) is 6.62. The lowest BCUT2D eigenvalue weighted by Crippen LogP contribution is -1.88. The molecule has 0 unspecified atom stereocenters. The van der Waals surface area contributed by atoms with Crippen molar-refractivity contribution in [1.82, 2.24) is 20.1 Å². The lowest BCUT2D eigenvalue weighted by molar-refractivity contribution is 0.432. The highest BCUT2D eigenvalue weighted by atomic mass is 16.5. The van der Waals surface area contributed by atoms with Crippen molar-refractivity contribution in [2.75, 3.05) is 5.73 Å². The topological polar surface area (TPSA) is 90.7 Å². The van der Waals surface area contributed by atoms with E-state index in [9.17, 15) is 0 Å². The maximum atomic E-state index is 5.68. The third-order valence-corrected chi connectivity index (χ3v) is 2.71. The first-order valence-electron chi connectivity index (χ1n) is 5.69. The van der Waals surface area contributed by atoms with Gasteiger partial charge < -0.3 is 10.3 Å². The zero-order chi connectivity index (χ0) is 13.2. The van der Waals surface area contributed by atoms with Crippen molar-refractivity contribution >= 4 is 5.69 Å². The fourth-order valence-corrected chi connectivity index (χ4v) is 1.72. The molecule has 94 valence electrons. The fourth-order valence-electron chi connectivity index (χ4n) is 1.72. The predicted molar refractivity (Wildman–Crippen MR) is 69.9 cm³/mol. The minimum absolute atomic E-state index is 0.387. The van der Waals surface area contributed by atoms with Crippen molar-refractivity contribution in [3.8, 4) is 22.8 Å². The van der Waals surface area contributed by atoms with E-state index in [0.717, 1.165) is 11.1 Å². The molecule has 19 heavy (non-hydrogen) atoms. The monoisotopic (exact) mass is 253 g/mol. The molecule has 3 aromatic rings. The van der Waals surface area contributed by atoms with Crippen LogP contribution in [0.15, 0.2) is 41.4 Å². The number of anilines is 1. The van der Waals surface area contributed by atoms with Crippen LogP contribution in [0.1, 0.15) is 5.56 Å². The summed E-state index contributed by atoms with van der Waals surface area (Å²) in [7, 11) is 0. The van der Waals surface area contributed by atoms with Crippen LogP contribution < -0.4 is 5.73 Å². The summed E-state index contributed by atoms with van der Waals surface area (Å²) in [5, 5.41) is 3.96. The summed E-state index contributed by atoms with van der Waals surface area (Å²) in [5.41, 5.74) is 8.80. The third-order valence-electron chi connectivity index (χ3n) is 2.71. The molecule has 0 aliphatic heterocycles. The number of hydrogen-bond donors (Lipinski definition) is 1. The average Bonchev–Trinajstić information content (AvgIpc) is 2.89. The molecule has 0 atom stereocenters. The van der Waals surface area contributed by atoms with Crippen LogP contribution in [-0.4, -0.2) is 20.1 Å². The molecule has 0 saturated carbocycles. The van der Waals surface area contributed by atoms with E-state index in [0.29, 0.717) is 23.0 Å². The van der Waals surface area contributed by atoms with Crippen molar-refractivity contribution in [2.24, 2.45) is 0 Å². The maximum absolute atomic E-state index is 5.68. The van der Waals surface area contributed by atoms with E-state index in [1.807, 2.05) is 13.0 Å². The molecule has 0 aliphatic carbocycles. The minimum Gasteiger partial charge on any atom is -0.397 e. The van der Waals surface area contributed by atoms with E-state index in [2.05, 4.69) is 20.1 Å². The Morgan fingerprint density at radius 1 is 1.16 bits per heavy atom. The highest BCUT2D eigenvalue weighted by molar-refractivity contribution is 5.62. The van der Waals surface area contributed by atoms with Gasteiger partial charge in [-0.1, -0.05) is 5.16 Å². The molecule has 0 aromatic carbocycles. The standard InChI is InChI=1S/C13H11N5O/c1-8-2-3-15-7-11(8)12-17-13(19-18-12)9-4-10(14)6-16-5-9/h2-7H,14H2,1H3. The van der Waals surface area contributed by atoms with Crippen LogP contribution in [-0.2, 0) is 0 Å². The molecule has 0 radical (unpaired) electrons. The molecule has 0 bridgehead atoms. The lowest BCUT2D eigenvalue weighted by atomic mass is 10.1. The number of aryl methyl sites for hydroxylation is 1. The average molecular weight is 253 g/mol. The van der Waals surface area contributed by atoms with Gasteiger partial charge in [-0.25, -0.2) is 0 Å². The molecule has 2 N–H and O–H groups in total. The van der Waals surface area contributed by atoms with Crippen LogP contribution in [0.25, 0.3) is 22.8 Å². The van der Waals surface area contributed by atoms with Gasteiger partial charge in [0.05, 0.1) is 11.3 Å². The number of rotatable bonds is 2. The van der Waals surface area contributed by atoms with Crippen LogP contribution in [0.3, 0.4) is 0 Å². The summed E-state index contributed by atoms with van der Waals surface area (Å²) in [6, 6.07) is 3.63. The summed E-state index contributed by atoms with van der Waals surface area (Å²) >= 11 is 0. The molecule has 0 fully saturated rings. The Morgan fingerprint density at radius 3 is 2.84 bits per heavy atom. The van der Waals surface area contributed by atoms with Crippen LogP contribution >= 0.6 is 0 Å². The quantitative estimate of drug-likeness (QED) is 0.751. The van der Waals surface area contributed by atoms with Gasteiger partial charge in [0.15, 0.2) is 0 Å². The van der Waals surface area contributed by atoms with Crippen LogP contribution in [0.2, 0.25) is 0 Å². The molecule has 0 spiro atoms. The number of nitrogens with zero attached hydrogens (tertiary/aromatic N) is 4. The maximum Gasteiger partial charge on any atom is 0.259 e. The second-order valence-electron chi connectivity index (χ2n) is 4.12. The van der Waals surface area contributed by atoms with Gasteiger partial charge in [-0.05, 0) is 24.6 Å². The SMILES string of the molecule is Cc1ccncc1-c1noc(-c2cncc(N)c2)n1. The van der Waals surface area contributed by atoms with Crippen molar-refractivity contribution in [3.05, 3.63) is 42.5 Å². The molecular weight excluding hydrogens is 242 g/mol. The second kappa shape index (κ2) is 4.49. The summed E-state index contributed by atoms with van der Waals surface area (Å²) in [5.74, 6) is 0.890. The van der Waals surface area contributed by atoms with Gasteiger partial charge in [-0.2, -0.15) is 4.98 Å². The Bertz CT molecular complexity index is 722. The summed E-state index contributed by atoms with van der Waals surface area (Å²) < 4.78 is 5.23. The molecular formula is C13H11N5O. The molecule has 0 aliphatic rings. The molecule has 3 aromatic heterocycles. The minimum atomic E-state index is 0.387. The first kappa shape index (κ1) is 11.3. The molecule has 6 nitrogen and oxygen atoms in total. The number of pyridine rings is 2. The number of hydrogen-bond acceptors (Lipinski definition) is 6. The lowest BCUT2D eigenvalue weighted by Gasteiger charge is -1.97. The molecule has 6 heteroatoms. The van der Waals surface area contributed by atoms with Crippen LogP contribution in [0.5, 0.6) is 0 Å². The second-order valence-corrected chi connectivity index (χ2v) is 4.12. The van der Waals surface area contributed by atoms with Crippen molar-refractivity contribution in [2.45, 2.75) is 6.92 Å². The van der Waals surface area contributed by atoms with E-state index in [-0.39, 0.29) is 0 Å². The Hall–Kier alpha value is -2.76. The fraction of sp³-hybridized carbons (Fsp3) is 0.0769. The van der Waals surface area contributed by atoms with Crippen molar-refractivity contribution in [3.63, 3.8) is 0 Å². The van der Waals surface area contributed by atoms with E-state index >= 15 is 0 Å². The Balaban J connectivity index is 2.03. The largest absolute Gasteiger partial charge is 0.397 e. The van der Waals surface area contributed by atoms with Gasteiger partial charge in [0.2, 0.25) is 5.82 Å². The zero-order valence-electron chi connectivity index (χ0n) is 10.2. The van der Waals surface area contributed by atoms with Crippen molar-refractivity contribution < 1.29 is 4.52 Å². The molecule has 3 rings (SSSR count). The molecule has 0 saturated heterocycles. The predicted octanol–water partition coefficient (Wildman–Crippen LogP) is 2.08. The smallest absolute Gasteiger partial charge is 0.259 e. The zero-order valence-corrected chi connectivity index (χ0v) is 10.2. The van der Waals surface area contributed by atoms with Crippen LogP contribution in [0.4, 0.5) is 5.69 Å². The highest BCUT2D eigenvalue weighted by Gasteiger charge is 2.12. The Labute approximate surface area is 109 Å². The van der Waals surface area contributed by atoms with Crippen LogP contribution in [0, 0.1) is 6.92 Å². The molecule has 3 heterocycles. The highest BCUT2D eigenvalue weighted by Crippen LogP contribution is 2.23. The van der Waals surface area contributed by atoms with Gasteiger partial charge in [-0.3, -0.25) is 9.97 Å². The van der Waals surface area contributed by atoms with Gasteiger partial charge in [0.1, 0.15) is 0 Å². The van der Waals surface area contributed by atoms with E-state index < -0.39 is 0 Å². The number of aromatic nitrogens is 4. The third kappa shape index (κ3) is 2.15. The van der Waals surface area contributed by atoms with E-state index in [1.165, 1.54) is 0 Å². The first-order valence-corrected chi connectivity index (χ1v) is 5.69. The van der Waals surface area contributed by atoms with Gasteiger partial charge in [0.25, 0.3) is 5.89 Å². The van der Waals surface area contributed by atoms with E-state index in [4.69, 9.17) is 10.3 Å². The Kier molecular flexibility index (Phi) is 2.68. The number of nitrogens with two attached hydrogens (primary N) is 1. The summed E-state index contributed by atoms with van der Waals surface area (Å²) in [6.45, 7) is 1.97.